The zero-order valence-electron chi connectivity index (χ0n) is 15.1. The highest BCUT2D eigenvalue weighted by Crippen LogP contribution is 2.46. The number of methoxy groups -OCH3 is 1. The Morgan fingerprint density at radius 3 is 2.67 bits per heavy atom. The maximum Gasteiger partial charge on any atom is 0.342 e. The highest BCUT2D eigenvalue weighted by atomic mass is 16.6. The summed E-state index contributed by atoms with van der Waals surface area (Å²) in [4.78, 5) is 12.6. The van der Waals surface area contributed by atoms with E-state index in [-0.39, 0.29) is 17.7 Å². The Labute approximate surface area is 156 Å². The highest BCUT2D eigenvalue weighted by Gasteiger charge is 2.45. The molecule has 1 aromatic rings. The van der Waals surface area contributed by atoms with Gasteiger partial charge in [0.15, 0.2) is 0 Å². The lowest BCUT2D eigenvalue weighted by molar-refractivity contribution is -0.0464. The molecule has 2 aliphatic rings. The number of phenolic OH excluding ortho intramolecular Hbond substituents is 1. The van der Waals surface area contributed by atoms with Gasteiger partial charge in [-0.05, 0) is 13.0 Å². The third kappa shape index (κ3) is 4.24. The molecule has 0 radical (unpaired) electrons. The number of fused-ring (bicyclic) bond motifs is 3. The van der Waals surface area contributed by atoms with Crippen molar-refractivity contribution in [3.63, 3.8) is 0 Å². The lowest BCUT2D eigenvalue weighted by atomic mass is 9.96. The van der Waals surface area contributed by atoms with Gasteiger partial charge >= 0.3 is 5.97 Å². The Morgan fingerprint density at radius 1 is 1.22 bits per heavy atom. The average molecular weight is 380 g/mol. The van der Waals surface area contributed by atoms with Gasteiger partial charge < -0.3 is 34.6 Å². The first kappa shape index (κ1) is 19.6. The summed E-state index contributed by atoms with van der Waals surface area (Å²) >= 11 is 0. The van der Waals surface area contributed by atoms with Crippen molar-refractivity contribution in [2.75, 3.05) is 7.11 Å². The van der Waals surface area contributed by atoms with E-state index < -0.39 is 42.6 Å². The van der Waals surface area contributed by atoms with Crippen LogP contribution < -0.4 is 4.74 Å². The normalized spacial score (nSPS) is 35.2. The summed E-state index contributed by atoms with van der Waals surface area (Å²) in [5, 5.41) is 40.5. The lowest BCUT2D eigenvalue weighted by Crippen LogP contribution is -2.37. The molecule has 3 rings (SSSR count). The Morgan fingerprint density at radius 2 is 1.96 bits per heavy atom. The maximum absolute atomic E-state index is 12.6. The first-order valence-corrected chi connectivity index (χ1v) is 8.80. The van der Waals surface area contributed by atoms with Gasteiger partial charge in [0, 0.05) is 24.5 Å². The number of carbonyl (C=O) groups excluding carboxylic acids is 1. The van der Waals surface area contributed by atoms with Crippen molar-refractivity contribution in [2.45, 2.75) is 56.4 Å². The van der Waals surface area contributed by atoms with Crippen LogP contribution in [0, 0.1) is 0 Å². The second-order valence-electron chi connectivity index (χ2n) is 6.87. The van der Waals surface area contributed by atoms with Crippen molar-refractivity contribution >= 4 is 5.97 Å². The zero-order valence-corrected chi connectivity index (χ0v) is 15.1. The zero-order chi connectivity index (χ0) is 19.7. The number of epoxide rings is 1. The van der Waals surface area contributed by atoms with Gasteiger partial charge in [0.25, 0.3) is 0 Å². The third-order valence-electron chi connectivity index (χ3n) is 4.78. The molecular weight excluding hydrogens is 356 g/mol. The second kappa shape index (κ2) is 7.85. The summed E-state index contributed by atoms with van der Waals surface area (Å²) in [6.07, 6.45) is -2.15. The van der Waals surface area contributed by atoms with Gasteiger partial charge in [-0.1, -0.05) is 12.2 Å². The number of carbonyl (C=O) groups is 1. The molecule has 4 N–H and O–H groups in total. The van der Waals surface area contributed by atoms with Crippen molar-refractivity contribution in [2.24, 2.45) is 0 Å². The minimum atomic E-state index is -1.37. The van der Waals surface area contributed by atoms with Gasteiger partial charge in [0.2, 0.25) is 0 Å². The van der Waals surface area contributed by atoms with E-state index >= 15 is 0 Å². The predicted molar refractivity (Wildman–Crippen MR) is 93.5 cm³/mol. The number of rotatable bonds is 1. The van der Waals surface area contributed by atoms with Crippen molar-refractivity contribution in [1.82, 2.24) is 0 Å². The minimum Gasteiger partial charge on any atom is -0.507 e. The molecule has 27 heavy (non-hydrogen) atoms. The standard InChI is InChI=1S/C19H24O8/c1-9-4-3-5-12(20)17(23)14(22)8-15-18(27-15)11-6-10(25-2)7-13(21)16(11)19(24)26-9/h3,5-7,9,12,14-15,17-18,20-23H,4,8H2,1-2H3/b5-3-/t9-,12+,14-,15+,17+,18+/m0/s1. The molecule has 0 aliphatic carbocycles. The quantitative estimate of drug-likeness (QED) is 0.320. The molecule has 1 saturated heterocycles. The number of cyclic esters (lactones) is 1. The van der Waals surface area contributed by atoms with Crippen LogP contribution in [-0.2, 0) is 9.47 Å². The van der Waals surface area contributed by atoms with Crippen LogP contribution in [0.4, 0.5) is 0 Å². The van der Waals surface area contributed by atoms with Crippen LogP contribution in [0.25, 0.3) is 0 Å². The van der Waals surface area contributed by atoms with Crippen LogP contribution in [0.1, 0.15) is 41.8 Å². The molecule has 1 fully saturated rings. The van der Waals surface area contributed by atoms with Crippen molar-refractivity contribution in [3.8, 4) is 11.5 Å². The number of aromatic hydroxyl groups is 1. The second-order valence-corrected chi connectivity index (χ2v) is 6.87. The van der Waals surface area contributed by atoms with Crippen molar-refractivity contribution < 1.29 is 39.4 Å². The summed E-state index contributed by atoms with van der Waals surface area (Å²) in [5.74, 6) is -0.630. The summed E-state index contributed by atoms with van der Waals surface area (Å²) in [5.41, 5.74) is 0.384. The Kier molecular flexibility index (Phi) is 5.71. The molecule has 0 spiro atoms. The van der Waals surface area contributed by atoms with Crippen LogP contribution >= 0.6 is 0 Å². The summed E-state index contributed by atoms with van der Waals surface area (Å²) in [6, 6.07) is 2.90. The molecule has 8 nitrogen and oxygen atoms in total. The molecule has 0 aromatic heterocycles. The smallest absolute Gasteiger partial charge is 0.342 e. The first-order valence-electron chi connectivity index (χ1n) is 8.80. The number of phenols is 1. The lowest BCUT2D eigenvalue weighted by Gasteiger charge is -2.21. The van der Waals surface area contributed by atoms with Gasteiger partial charge in [-0.15, -0.1) is 0 Å². The van der Waals surface area contributed by atoms with Crippen LogP contribution in [-0.4, -0.2) is 64.0 Å². The number of hydrogen-bond donors (Lipinski definition) is 4. The van der Waals surface area contributed by atoms with E-state index in [2.05, 4.69) is 0 Å². The van der Waals surface area contributed by atoms with E-state index in [1.165, 1.54) is 19.3 Å². The molecule has 0 saturated carbocycles. The van der Waals surface area contributed by atoms with E-state index in [1.54, 1.807) is 19.1 Å². The van der Waals surface area contributed by atoms with Crippen molar-refractivity contribution in [1.29, 1.82) is 0 Å². The maximum atomic E-state index is 12.6. The SMILES string of the molecule is COc1cc(O)c2c(c1)[C@H]1O[C@@H]1C[C@H](O)[C@H](O)[C@H](O)/C=C\C[C@H](C)OC2=O. The fraction of sp³-hybridized carbons (Fsp3) is 0.526. The third-order valence-corrected chi connectivity index (χ3v) is 4.78. The highest BCUT2D eigenvalue weighted by molar-refractivity contribution is 5.95. The van der Waals surface area contributed by atoms with Crippen LogP contribution in [0.5, 0.6) is 11.5 Å². The van der Waals surface area contributed by atoms with Gasteiger partial charge in [0.1, 0.15) is 41.5 Å². The molecule has 8 heteroatoms. The van der Waals surface area contributed by atoms with E-state index in [4.69, 9.17) is 14.2 Å². The number of ether oxygens (including phenoxy) is 3. The van der Waals surface area contributed by atoms with Gasteiger partial charge in [-0.25, -0.2) is 4.79 Å². The molecule has 0 unspecified atom stereocenters. The molecule has 2 heterocycles. The fourth-order valence-corrected chi connectivity index (χ4v) is 3.20. The number of aliphatic hydroxyl groups is 3. The Bertz CT molecular complexity index is 731. The summed E-state index contributed by atoms with van der Waals surface area (Å²) < 4.78 is 16.1. The van der Waals surface area contributed by atoms with E-state index in [0.29, 0.717) is 17.7 Å². The minimum absolute atomic E-state index is 0.00809. The van der Waals surface area contributed by atoms with E-state index in [0.717, 1.165) is 0 Å². The molecule has 0 bridgehead atoms. The fourth-order valence-electron chi connectivity index (χ4n) is 3.20. The number of hydrogen-bond acceptors (Lipinski definition) is 8. The molecule has 2 aliphatic heterocycles. The monoisotopic (exact) mass is 380 g/mol. The molecule has 1 aromatic carbocycles. The van der Waals surface area contributed by atoms with Gasteiger partial charge in [-0.2, -0.15) is 0 Å². The molecule has 148 valence electrons. The van der Waals surface area contributed by atoms with Crippen LogP contribution in [0.15, 0.2) is 24.3 Å². The summed E-state index contributed by atoms with van der Waals surface area (Å²) in [7, 11) is 1.43. The van der Waals surface area contributed by atoms with E-state index in [1.807, 2.05) is 0 Å². The Hall–Kier alpha value is -2.13. The topological polar surface area (TPSA) is 129 Å². The molecule has 0 amide bonds. The van der Waals surface area contributed by atoms with Crippen LogP contribution in [0.3, 0.4) is 0 Å². The Balaban J connectivity index is 1.97. The van der Waals surface area contributed by atoms with Gasteiger partial charge in [0.05, 0.1) is 19.3 Å². The number of esters is 1. The molecule has 6 atom stereocenters. The number of aliphatic hydroxyl groups excluding tert-OH is 3. The van der Waals surface area contributed by atoms with E-state index in [9.17, 15) is 25.2 Å². The first-order chi connectivity index (χ1) is 12.8. The van der Waals surface area contributed by atoms with Crippen molar-refractivity contribution in [3.05, 3.63) is 35.4 Å². The largest absolute Gasteiger partial charge is 0.507 e. The molecular formula is C19H24O8. The van der Waals surface area contributed by atoms with Gasteiger partial charge in [-0.3, -0.25) is 0 Å². The summed E-state index contributed by atoms with van der Waals surface area (Å²) in [6.45, 7) is 1.67. The number of benzene rings is 1. The van der Waals surface area contributed by atoms with Crippen LogP contribution in [0.2, 0.25) is 0 Å². The average Bonchev–Trinajstić information content (AvgIpc) is 3.38. The predicted octanol–water partition coefficient (Wildman–Crippen LogP) is 0.819.